The number of rotatable bonds is 4. The molecule has 0 spiro atoms. The van der Waals surface area contributed by atoms with Crippen LogP contribution in [0.3, 0.4) is 0 Å². The summed E-state index contributed by atoms with van der Waals surface area (Å²) in [5.74, 6) is -0.125. The van der Waals surface area contributed by atoms with Gasteiger partial charge in [0.25, 0.3) is 0 Å². The van der Waals surface area contributed by atoms with Crippen molar-refractivity contribution in [1.29, 1.82) is 0 Å². The van der Waals surface area contributed by atoms with Crippen molar-refractivity contribution in [3.05, 3.63) is 64.4 Å². The second-order valence-electron chi connectivity index (χ2n) is 6.46. The van der Waals surface area contributed by atoms with Crippen molar-refractivity contribution in [3.63, 3.8) is 0 Å². The Morgan fingerprint density at radius 2 is 1.80 bits per heavy atom. The zero-order valence-electron chi connectivity index (χ0n) is 14.0. The van der Waals surface area contributed by atoms with Gasteiger partial charge in [0.15, 0.2) is 5.78 Å². The average Bonchev–Trinajstić information content (AvgIpc) is 2.57. The number of hydrogen-bond acceptors (Lipinski definition) is 3. The maximum atomic E-state index is 12.6. The second kappa shape index (κ2) is 7.24. The molecule has 128 valence electrons. The minimum Gasteiger partial charge on any atom is -0.512 e. The van der Waals surface area contributed by atoms with Gasteiger partial charge in [-0.25, -0.2) is 0 Å². The first-order valence-corrected chi connectivity index (χ1v) is 8.63. The Labute approximate surface area is 151 Å². The van der Waals surface area contributed by atoms with Crippen LogP contribution < -0.4 is 0 Å². The Hall–Kier alpha value is -2.39. The lowest BCUT2D eigenvalue weighted by Gasteiger charge is -2.23. The van der Waals surface area contributed by atoms with Crippen LogP contribution in [0.4, 0.5) is 0 Å². The lowest BCUT2D eigenvalue weighted by atomic mass is 9.81. The van der Waals surface area contributed by atoms with Crippen LogP contribution in [-0.4, -0.2) is 17.2 Å². The zero-order valence-corrected chi connectivity index (χ0v) is 14.7. The van der Waals surface area contributed by atoms with Crippen molar-refractivity contribution in [1.82, 2.24) is 0 Å². The molecule has 0 fully saturated rings. The van der Waals surface area contributed by atoms with E-state index in [2.05, 4.69) is 0 Å². The van der Waals surface area contributed by atoms with Crippen LogP contribution in [0, 0.1) is 12.8 Å². The molecule has 1 atom stereocenters. The van der Waals surface area contributed by atoms with E-state index in [9.17, 15) is 14.7 Å². The molecule has 25 heavy (non-hydrogen) atoms. The molecule has 4 heteroatoms. The summed E-state index contributed by atoms with van der Waals surface area (Å²) in [4.78, 5) is 23.3. The number of ketones is 1. The van der Waals surface area contributed by atoms with E-state index in [0.29, 0.717) is 29.9 Å². The van der Waals surface area contributed by atoms with E-state index in [4.69, 9.17) is 11.6 Å². The number of benzene rings is 2. The van der Waals surface area contributed by atoms with E-state index >= 15 is 0 Å². The van der Waals surface area contributed by atoms with Gasteiger partial charge in [-0.15, -0.1) is 0 Å². The molecule has 2 aromatic rings. The van der Waals surface area contributed by atoms with E-state index in [-0.39, 0.29) is 17.5 Å². The fraction of sp³-hybridized carbons (Fsp3) is 0.238. The fourth-order valence-electron chi connectivity index (χ4n) is 3.29. The number of carbonyl (C=O) groups is 2. The Balaban J connectivity index is 2.03. The first kappa shape index (κ1) is 17.4. The molecule has 1 aliphatic carbocycles. The number of allylic oxidation sites excluding steroid dienone is 2. The highest BCUT2D eigenvalue weighted by Crippen LogP contribution is 2.36. The summed E-state index contributed by atoms with van der Waals surface area (Å²) in [6.45, 7) is 1.92. The highest BCUT2D eigenvalue weighted by Gasteiger charge is 2.29. The van der Waals surface area contributed by atoms with Crippen molar-refractivity contribution in [2.75, 3.05) is 0 Å². The van der Waals surface area contributed by atoms with Crippen LogP contribution in [0.5, 0.6) is 0 Å². The first-order valence-electron chi connectivity index (χ1n) is 8.25. The predicted octanol–water partition coefficient (Wildman–Crippen LogP) is 5.15. The third-order valence-electron chi connectivity index (χ3n) is 4.64. The summed E-state index contributed by atoms with van der Waals surface area (Å²) in [5, 5.41) is 11.1. The van der Waals surface area contributed by atoms with Crippen molar-refractivity contribution < 1.29 is 14.7 Å². The molecule has 0 saturated heterocycles. The lowest BCUT2D eigenvalue weighted by Crippen LogP contribution is -2.19. The highest BCUT2D eigenvalue weighted by molar-refractivity contribution is 6.30. The average molecular weight is 355 g/mol. The molecule has 0 radical (unpaired) electrons. The van der Waals surface area contributed by atoms with Gasteiger partial charge in [0, 0.05) is 24.3 Å². The standard InChI is InChI=1S/C21H19ClO3/c1-13-2-3-16(15-4-6-17(22)7-5-15)12-18(13)21-19(24)10-14(8-9-23)11-20(21)25/h2-7,9,12,14,24H,8,10-11H2,1H3. The molecule has 0 heterocycles. The van der Waals surface area contributed by atoms with E-state index in [1.807, 2.05) is 49.4 Å². The number of aliphatic hydroxyl groups is 1. The normalized spacial score (nSPS) is 17.7. The molecular formula is C21H19ClO3. The summed E-state index contributed by atoms with van der Waals surface area (Å²) < 4.78 is 0. The third kappa shape index (κ3) is 3.67. The first-order chi connectivity index (χ1) is 12.0. The van der Waals surface area contributed by atoms with Crippen LogP contribution in [0.25, 0.3) is 16.7 Å². The second-order valence-corrected chi connectivity index (χ2v) is 6.89. The summed E-state index contributed by atoms with van der Waals surface area (Å²) in [7, 11) is 0. The van der Waals surface area contributed by atoms with Crippen molar-refractivity contribution in [2.24, 2.45) is 5.92 Å². The number of hydrogen-bond donors (Lipinski definition) is 1. The van der Waals surface area contributed by atoms with Gasteiger partial charge in [-0.2, -0.15) is 0 Å². The van der Waals surface area contributed by atoms with Gasteiger partial charge in [0.05, 0.1) is 5.57 Å². The molecule has 3 rings (SSSR count). The summed E-state index contributed by atoms with van der Waals surface area (Å²) in [5.41, 5.74) is 4.02. The Kier molecular flexibility index (Phi) is 5.05. The summed E-state index contributed by atoms with van der Waals surface area (Å²) in [6, 6.07) is 13.4. The topological polar surface area (TPSA) is 54.4 Å². The molecule has 0 aliphatic heterocycles. The van der Waals surface area contributed by atoms with Gasteiger partial charge in [0.2, 0.25) is 0 Å². The number of aliphatic hydroxyl groups excluding tert-OH is 1. The monoisotopic (exact) mass is 354 g/mol. The minimum absolute atomic E-state index is 0.0828. The maximum absolute atomic E-state index is 12.6. The summed E-state index contributed by atoms with van der Waals surface area (Å²) in [6.07, 6.45) is 1.77. The number of aryl methyl sites for hydroxylation is 1. The van der Waals surface area contributed by atoms with E-state index in [1.54, 1.807) is 0 Å². The molecule has 1 aliphatic rings. The quantitative estimate of drug-likeness (QED) is 0.772. The van der Waals surface area contributed by atoms with Gasteiger partial charge >= 0.3 is 0 Å². The number of aldehydes is 1. The Morgan fingerprint density at radius 3 is 2.44 bits per heavy atom. The zero-order chi connectivity index (χ0) is 18.0. The van der Waals surface area contributed by atoms with Gasteiger partial charge < -0.3 is 9.90 Å². The predicted molar refractivity (Wildman–Crippen MR) is 99.6 cm³/mol. The number of Topliss-reactive ketones (excluding diaryl/α,β-unsaturated/α-hetero) is 1. The Morgan fingerprint density at radius 1 is 1.12 bits per heavy atom. The largest absolute Gasteiger partial charge is 0.512 e. The maximum Gasteiger partial charge on any atom is 0.167 e. The smallest absolute Gasteiger partial charge is 0.167 e. The molecule has 0 saturated carbocycles. The van der Waals surface area contributed by atoms with E-state index in [1.165, 1.54) is 0 Å². The lowest BCUT2D eigenvalue weighted by molar-refractivity contribution is -0.115. The SMILES string of the molecule is Cc1ccc(-c2ccc(Cl)cc2)cc1C1=C(O)CC(CC=O)CC1=O. The van der Waals surface area contributed by atoms with Crippen molar-refractivity contribution >= 4 is 29.2 Å². The van der Waals surface area contributed by atoms with Crippen molar-refractivity contribution in [2.45, 2.75) is 26.2 Å². The highest BCUT2D eigenvalue weighted by atomic mass is 35.5. The van der Waals surface area contributed by atoms with Crippen LogP contribution in [-0.2, 0) is 9.59 Å². The van der Waals surface area contributed by atoms with Crippen LogP contribution >= 0.6 is 11.6 Å². The minimum atomic E-state index is -0.105. The molecule has 1 N–H and O–H groups in total. The van der Waals surface area contributed by atoms with Crippen LogP contribution in [0.15, 0.2) is 48.2 Å². The summed E-state index contributed by atoms with van der Waals surface area (Å²) >= 11 is 5.94. The number of halogens is 1. The van der Waals surface area contributed by atoms with E-state index < -0.39 is 0 Å². The number of carbonyl (C=O) groups excluding carboxylic acids is 2. The molecule has 0 bridgehead atoms. The van der Waals surface area contributed by atoms with Crippen molar-refractivity contribution in [3.8, 4) is 11.1 Å². The van der Waals surface area contributed by atoms with Crippen LogP contribution in [0.2, 0.25) is 5.02 Å². The van der Waals surface area contributed by atoms with Gasteiger partial charge in [0.1, 0.15) is 12.0 Å². The van der Waals surface area contributed by atoms with Gasteiger partial charge in [-0.3, -0.25) is 4.79 Å². The molecule has 0 aromatic heterocycles. The van der Waals surface area contributed by atoms with Gasteiger partial charge in [-0.05, 0) is 53.3 Å². The van der Waals surface area contributed by atoms with Gasteiger partial charge in [-0.1, -0.05) is 35.9 Å². The fourth-order valence-corrected chi connectivity index (χ4v) is 3.42. The van der Waals surface area contributed by atoms with E-state index in [0.717, 1.165) is 28.5 Å². The molecule has 3 nitrogen and oxygen atoms in total. The third-order valence-corrected chi connectivity index (χ3v) is 4.89. The molecular weight excluding hydrogens is 336 g/mol. The Bertz CT molecular complexity index is 850. The van der Waals surface area contributed by atoms with Crippen LogP contribution in [0.1, 0.15) is 30.4 Å². The molecule has 1 unspecified atom stereocenters. The molecule has 2 aromatic carbocycles. The molecule has 0 amide bonds.